The molecular weight excluding hydrogens is 1530 g/mol. The van der Waals surface area contributed by atoms with E-state index in [0.29, 0.717) is 0 Å². The number of hydrogen-bond donors (Lipinski definition) is 0. The third-order valence-corrected chi connectivity index (χ3v) is 27.2. The molecule has 0 aliphatic carbocycles. The zero-order chi connectivity index (χ0) is 79.6. The van der Waals surface area contributed by atoms with Gasteiger partial charge in [0.1, 0.15) is 11.6 Å². The number of benzene rings is 16. The Kier molecular flexibility index (Phi) is 16.6. The summed E-state index contributed by atoms with van der Waals surface area (Å²) in [6, 6.07) is 142. The molecule has 12 heteroatoms. The summed E-state index contributed by atoms with van der Waals surface area (Å²) in [4.78, 5) is 24.8. The molecule has 0 N–H and O–H groups in total. The second-order valence-corrected chi connectivity index (χ2v) is 33.7. The Labute approximate surface area is 705 Å². The molecule has 0 saturated carbocycles. The number of pyridine rings is 2. The molecule has 10 heterocycles. The lowest BCUT2D eigenvalue weighted by atomic mass is 10.1. The fourth-order valence-corrected chi connectivity index (χ4v) is 21.9. The Morgan fingerprint density at radius 1 is 0.215 bits per heavy atom. The van der Waals surface area contributed by atoms with Crippen LogP contribution >= 0.6 is 34.0 Å². The lowest BCUT2D eigenvalue weighted by molar-refractivity contribution is 1.08. The van der Waals surface area contributed by atoms with Crippen molar-refractivity contribution in [2.75, 3.05) is 0 Å². The van der Waals surface area contributed by atoms with Crippen molar-refractivity contribution in [2.45, 2.75) is 0 Å². The molecule has 0 spiro atoms. The Morgan fingerprint density at radius 2 is 0.620 bits per heavy atom. The number of nitrogens with zero attached hydrogens (tertiary/aromatic N) is 9. The molecule has 0 saturated heterocycles. The lowest BCUT2D eigenvalue weighted by Gasteiger charge is -2.11. The molecule has 16 aromatic carbocycles. The minimum absolute atomic E-state index is 0.723. The van der Waals surface area contributed by atoms with Gasteiger partial charge in [0.25, 0.3) is 0 Å². The smallest absolute Gasteiger partial charge is 0.160 e. The fraction of sp³-hybridized carbons (Fsp3) is 0. The van der Waals surface area contributed by atoms with Gasteiger partial charge >= 0.3 is 0 Å². The first kappa shape index (κ1) is 69.9. The molecule has 0 fully saturated rings. The zero-order valence-corrected chi connectivity index (χ0v) is 67.4. The SMILES string of the molecule is c1cc(-c2cnc3ccccc3c2)nc(-n2c3ccccc3c3c4sc5ccccc5c4ccc32)c1.c1ccc(-c2cc(-c3ccc(-n4c5ccccc5c5c6sc7ccccc7c6ccc54)cc3)nc(-c3ccccc3)n2)cc1.c1ccc(-n2c(-c3ccc(-n4c5ccccc5c5c6sc7ccccc7c6ccc54)cc3)nc3ccccc32)cc1. The van der Waals surface area contributed by atoms with Crippen LogP contribution in [0.2, 0.25) is 0 Å². The number of aromatic nitrogens is 9. The quantitative estimate of drug-likeness (QED) is 0.144. The molecule has 0 aliphatic heterocycles. The molecule has 0 atom stereocenters. The molecule has 26 rings (SSSR count). The summed E-state index contributed by atoms with van der Waals surface area (Å²) in [5.74, 6) is 2.58. The highest BCUT2D eigenvalue weighted by atomic mass is 32.1. The predicted molar refractivity (Wildman–Crippen MR) is 512 cm³/mol. The van der Waals surface area contributed by atoms with Crippen LogP contribution in [0, 0.1) is 0 Å². The molecular formula is C109H67N9S3. The summed E-state index contributed by atoms with van der Waals surface area (Å²) in [5, 5.41) is 16.8. The first-order valence-electron chi connectivity index (χ1n) is 40.6. The number of fused-ring (bicyclic) bond motifs is 23. The van der Waals surface area contributed by atoms with E-state index in [2.05, 4.69) is 363 Å². The van der Waals surface area contributed by atoms with Gasteiger partial charge in [-0.2, -0.15) is 0 Å². The average molecular weight is 1600 g/mol. The van der Waals surface area contributed by atoms with E-state index in [-0.39, 0.29) is 0 Å². The van der Waals surface area contributed by atoms with E-state index in [1.807, 2.05) is 101 Å². The van der Waals surface area contributed by atoms with Gasteiger partial charge < -0.3 is 9.13 Å². The van der Waals surface area contributed by atoms with Crippen LogP contribution in [0.5, 0.6) is 0 Å². The summed E-state index contributed by atoms with van der Waals surface area (Å²) < 4.78 is 17.4. The number of hydrogen-bond acceptors (Lipinski definition) is 8. The summed E-state index contributed by atoms with van der Waals surface area (Å²) in [6.45, 7) is 0. The second-order valence-electron chi connectivity index (χ2n) is 30.5. The van der Waals surface area contributed by atoms with Gasteiger partial charge in [0.15, 0.2) is 5.82 Å². The van der Waals surface area contributed by atoms with Gasteiger partial charge in [0.2, 0.25) is 0 Å². The lowest BCUT2D eigenvalue weighted by Crippen LogP contribution is -1.98. The normalized spacial score (nSPS) is 11.8. The average Bonchev–Trinajstić information content (AvgIpc) is 1.57. The first-order valence-corrected chi connectivity index (χ1v) is 43.0. The molecule has 0 amide bonds. The van der Waals surface area contributed by atoms with Crippen LogP contribution in [-0.2, 0) is 0 Å². The fourth-order valence-electron chi connectivity index (χ4n) is 18.1. The van der Waals surface area contributed by atoms with E-state index in [1.54, 1.807) is 0 Å². The van der Waals surface area contributed by atoms with E-state index >= 15 is 0 Å². The van der Waals surface area contributed by atoms with Crippen LogP contribution in [-0.4, -0.2) is 43.2 Å². The molecule has 0 aliphatic rings. The van der Waals surface area contributed by atoms with Gasteiger partial charge in [0.05, 0.1) is 66.7 Å². The summed E-state index contributed by atoms with van der Waals surface area (Å²) >= 11 is 5.65. The molecule has 9 nitrogen and oxygen atoms in total. The van der Waals surface area contributed by atoms with E-state index in [9.17, 15) is 0 Å². The number of thiophene rings is 3. The molecule has 0 radical (unpaired) electrons. The third-order valence-electron chi connectivity index (χ3n) is 23.6. The molecule has 121 heavy (non-hydrogen) atoms. The maximum atomic E-state index is 5.14. The first-order chi connectivity index (χ1) is 60.0. The predicted octanol–water partition coefficient (Wildman–Crippen LogP) is 29.9. The van der Waals surface area contributed by atoms with Crippen molar-refractivity contribution in [1.82, 2.24) is 43.2 Å². The van der Waals surface area contributed by atoms with Crippen LogP contribution in [0.25, 0.3) is 227 Å². The van der Waals surface area contributed by atoms with Crippen LogP contribution in [0.1, 0.15) is 0 Å². The Morgan fingerprint density at radius 3 is 1.15 bits per heavy atom. The van der Waals surface area contributed by atoms with Crippen molar-refractivity contribution in [3.8, 4) is 79.4 Å². The highest BCUT2D eigenvalue weighted by Crippen LogP contribution is 2.48. The van der Waals surface area contributed by atoms with Crippen molar-refractivity contribution in [3.63, 3.8) is 0 Å². The maximum Gasteiger partial charge on any atom is 0.160 e. The van der Waals surface area contributed by atoms with E-state index in [4.69, 9.17) is 19.9 Å². The summed E-state index contributed by atoms with van der Waals surface area (Å²) in [7, 11) is 0. The van der Waals surface area contributed by atoms with Gasteiger partial charge in [-0.05, 0) is 146 Å². The van der Waals surface area contributed by atoms with Crippen molar-refractivity contribution < 1.29 is 0 Å². The van der Waals surface area contributed by atoms with Crippen molar-refractivity contribution in [3.05, 3.63) is 407 Å². The number of para-hydroxylation sites is 7. The van der Waals surface area contributed by atoms with Crippen LogP contribution < -0.4 is 0 Å². The van der Waals surface area contributed by atoms with Gasteiger partial charge in [-0.25, -0.2) is 19.9 Å². The Balaban J connectivity index is 0.000000103. The monoisotopic (exact) mass is 1600 g/mol. The van der Waals surface area contributed by atoms with E-state index in [0.717, 1.165) is 101 Å². The van der Waals surface area contributed by atoms with Crippen molar-refractivity contribution in [2.24, 2.45) is 0 Å². The zero-order valence-electron chi connectivity index (χ0n) is 64.9. The highest BCUT2D eigenvalue weighted by Gasteiger charge is 2.24. The Hall–Kier alpha value is -15.3. The van der Waals surface area contributed by atoms with Gasteiger partial charge in [0, 0.05) is 149 Å². The van der Waals surface area contributed by atoms with Crippen molar-refractivity contribution in [1.29, 1.82) is 0 Å². The summed E-state index contributed by atoms with van der Waals surface area (Å²) in [5.41, 5.74) is 21.6. The van der Waals surface area contributed by atoms with Crippen molar-refractivity contribution >= 4 is 182 Å². The van der Waals surface area contributed by atoms with Gasteiger partial charge in [-0.15, -0.1) is 34.0 Å². The second kappa shape index (κ2) is 28.8. The largest absolute Gasteiger partial charge is 0.309 e. The topological polar surface area (TPSA) is 84.2 Å². The molecule has 10 aromatic heterocycles. The Bertz CT molecular complexity index is 8530. The number of rotatable bonds is 9. The minimum Gasteiger partial charge on any atom is -0.309 e. The number of imidazole rings is 1. The molecule has 566 valence electrons. The van der Waals surface area contributed by atoms with E-state index < -0.39 is 0 Å². The molecule has 0 unspecified atom stereocenters. The van der Waals surface area contributed by atoms with Gasteiger partial charge in [-0.1, -0.05) is 255 Å². The van der Waals surface area contributed by atoms with Crippen LogP contribution in [0.3, 0.4) is 0 Å². The van der Waals surface area contributed by atoms with Crippen LogP contribution in [0.4, 0.5) is 0 Å². The van der Waals surface area contributed by atoms with E-state index in [1.165, 1.54) is 126 Å². The van der Waals surface area contributed by atoms with Crippen LogP contribution in [0.15, 0.2) is 407 Å². The van der Waals surface area contributed by atoms with Gasteiger partial charge in [-0.3, -0.25) is 14.1 Å². The molecule has 0 bridgehead atoms. The minimum atomic E-state index is 0.723. The third kappa shape index (κ3) is 11.7. The highest BCUT2D eigenvalue weighted by molar-refractivity contribution is 7.27. The summed E-state index contributed by atoms with van der Waals surface area (Å²) in [6.07, 6.45) is 1.92. The molecule has 26 aromatic rings. The maximum absolute atomic E-state index is 5.14. The standard InChI is InChI=1S/C40H25N3S.C37H23N3S.C32H19N3S/c1-3-11-26(12-4-1)33-25-34(42-40(41-33)28-13-5-2-6-14-28)27-19-21-29(22-20-27)43-35-17-9-7-16-32(35)38-36(43)24-23-31-30-15-8-10-18-37(30)44-39(31)38;1-2-10-25(11-3-1)40-32-16-8-6-14-30(32)38-37(40)24-18-20-26(21-19-24)39-31-15-7-4-13-29(31)35-33(39)23-22-28-27-12-5-9-17-34(27)41-36(28)35;1-4-11-25-20(8-1)18-21(19-33-25)26-12-7-15-30(34-26)35-27-13-5-2-10-24(27)31-28(35)17-16-23-22-9-3-6-14-29(22)36-32(23)31/h1-25H;1-23H;1-19H.